The molecule has 8 heteroatoms. The van der Waals surface area contributed by atoms with Crippen LogP contribution < -0.4 is 5.32 Å². The Morgan fingerprint density at radius 3 is 2.92 bits per heavy atom. The van der Waals surface area contributed by atoms with Gasteiger partial charge < -0.3 is 15.0 Å². The van der Waals surface area contributed by atoms with Crippen molar-refractivity contribution in [2.24, 2.45) is 5.92 Å². The first-order valence-electron chi connectivity index (χ1n) is 8.75. The van der Waals surface area contributed by atoms with Gasteiger partial charge >= 0.3 is 0 Å². The zero-order chi connectivity index (χ0) is 18.1. The van der Waals surface area contributed by atoms with Crippen LogP contribution in [-0.2, 0) is 11.3 Å². The fourth-order valence-corrected chi connectivity index (χ4v) is 3.81. The summed E-state index contributed by atoms with van der Waals surface area (Å²) in [6, 6.07) is 1.91. The molecule has 4 rings (SSSR count). The van der Waals surface area contributed by atoms with Crippen molar-refractivity contribution in [3.63, 3.8) is 0 Å². The molecule has 2 aromatic heterocycles. The molecule has 0 spiro atoms. The minimum absolute atomic E-state index is 0.0594. The predicted octanol–water partition coefficient (Wildman–Crippen LogP) is 1.44. The zero-order valence-corrected chi connectivity index (χ0v) is 15.0. The lowest BCUT2D eigenvalue weighted by atomic mass is 9.69. The third-order valence-corrected chi connectivity index (χ3v) is 5.31. The van der Waals surface area contributed by atoms with E-state index in [-0.39, 0.29) is 11.4 Å². The molecule has 3 heterocycles. The molecule has 136 valence electrons. The molecular weight excluding hydrogens is 332 g/mol. The molecule has 2 aromatic rings. The molecular formula is C18H22N6O2. The normalized spacial score (nSPS) is 24.1. The van der Waals surface area contributed by atoms with Crippen molar-refractivity contribution in [3.8, 4) is 0 Å². The van der Waals surface area contributed by atoms with Crippen LogP contribution >= 0.6 is 0 Å². The molecule has 1 saturated carbocycles. The number of amides is 1. The van der Waals surface area contributed by atoms with Crippen LogP contribution in [0.5, 0.6) is 0 Å². The second-order valence-corrected chi connectivity index (χ2v) is 7.07. The smallest absolute Gasteiger partial charge is 0.274 e. The van der Waals surface area contributed by atoms with Crippen molar-refractivity contribution in [2.45, 2.75) is 31.9 Å². The molecule has 1 saturated heterocycles. The first kappa shape index (κ1) is 16.8. The number of fused-ring (bicyclic) bond motifs is 1. The van der Waals surface area contributed by atoms with Gasteiger partial charge in [-0.15, -0.1) is 0 Å². The van der Waals surface area contributed by atoms with Crippen LogP contribution in [0.3, 0.4) is 0 Å². The van der Waals surface area contributed by atoms with Gasteiger partial charge in [-0.25, -0.2) is 15.0 Å². The van der Waals surface area contributed by atoms with Gasteiger partial charge in [-0.05, 0) is 19.8 Å². The Bertz CT molecular complexity index is 812. The van der Waals surface area contributed by atoms with E-state index < -0.39 is 0 Å². The van der Waals surface area contributed by atoms with Gasteiger partial charge in [-0.1, -0.05) is 0 Å². The summed E-state index contributed by atoms with van der Waals surface area (Å²) in [6.45, 7) is 3.69. The summed E-state index contributed by atoms with van der Waals surface area (Å²) in [5, 5.41) is 3.56. The van der Waals surface area contributed by atoms with Gasteiger partial charge in [0.15, 0.2) is 0 Å². The number of carbonyl (C=O) groups excluding carboxylic acids is 1. The second-order valence-electron chi connectivity index (χ2n) is 7.07. The maximum absolute atomic E-state index is 12.8. The molecule has 0 radical (unpaired) electrons. The van der Waals surface area contributed by atoms with Crippen LogP contribution in [0.15, 0.2) is 24.8 Å². The Labute approximate surface area is 152 Å². The van der Waals surface area contributed by atoms with Crippen LogP contribution in [0.1, 0.15) is 34.7 Å². The third kappa shape index (κ3) is 3.01. The summed E-state index contributed by atoms with van der Waals surface area (Å²) in [4.78, 5) is 31.6. The Morgan fingerprint density at radius 2 is 2.23 bits per heavy atom. The Morgan fingerprint density at radius 1 is 1.35 bits per heavy atom. The quantitative estimate of drug-likeness (QED) is 0.868. The molecule has 1 amide bonds. The molecule has 1 aliphatic heterocycles. The Balaban J connectivity index is 1.49. The third-order valence-electron chi connectivity index (χ3n) is 5.31. The summed E-state index contributed by atoms with van der Waals surface area (Å²) in [6.07, 6.45) is 6.85. The van der Waals surface area contributed by atoms with Gasteiger partial charge in [0.1, 0.15) is 17.8 Å². The standard InChI is InChI=1S/C18H22N6O2/c1-12-6-20-15(7-19-12)17(25)24-8-13-3-4-18(13,10-24)23-16-5-14(9-26-2)21-11-22-16/h5-7,11,13H,3-4,8-10H2,1-2H3,(H,21,22,23). The molecule has 26 heavy (non-hydrogen) atoms. The van der Waals surface area contributed by atoms with Crippen molar-refractivity contribution in [2.75, 3.05) is 25.5 Å². The number of anilines is 1. The Kier molecular flexibility index (Phi) is 4.28. The van der Waals surface area contributed by atoms with Crippen LogP contribution in [-0.4, -0.2) is 56.5 Å². The fraction of sp³-hybridized carbons (Fsp3) is 0.500. The molecule has 1 N–H and O–H groups in total. The number of rotatable bonds is 5. The van der Waals surface area contributed by atoms with Gasteiger partial charge in [0.2, 0.25) is 0 Å². The molecule has 2 unspecified atom stereocenters. The van der Waals surface area contributed by atoms with Gasteiger partial charge in [0.05, 0.1) is 29.7 Å². The number of aromatic nitrogens is 4. The number of ether oxygens (including phenoxy) is 1. The summed E-state index contributed by atoms with van der Waals surface area (Å²) in [7, 11) is 1.64. The number of nitrogens with zero attached hydrogens (tertiary/aromatic N) is 5. The molecule has 2 fully saturated rings. The van der Waals surface area contributed by atoms with Crippen molar-refractivity contribution < 1.29 is 9.53 Å². The van der Waals surface area contributed by atoms with Crippen LogP contribution in [0.2, 0.25) is 0 Å². The number of likely N-dealkylation sites (tertiary alicyclic amines) is 1. The van der Waals surface area contributed by atoms with Crippen LogP contribution in [0.4, 0.5) is 5.82 Å². The number of carbonyl (C=O) groups is 1. The monoisotopic (exact) mass is 354 g/mol. The number of nitrogens with one attached hydrogen (secondary N) is 1. The van der Waals surface area contributed by atoms with E-state index in [0.29, 0.717) is 24.8 Å². The minimum Gasteiger partial charge on any atom is -0.378 e. The molecule has 2 aliphatic rings. The largest absolute Gasteiger partial charge is 0.378 e. The average Bonchev–Trinajstić information content (AvgIpc) is 2.87. The molecule has 0 bridgehead atoms. The SMILES string of the molecule is COCc1cc(NC23CCC2CN(C(=O)c2cnc(C)cn2)C3)ncn1. The summed E-state index contributed by atoms with van der Waals surface area (Å²) in [5.74, 6) is 1.14. The van der Waals surface area contributed by atoms with Crippen LogP contribution in [0.25, 0.3) is 0 Å². The molecule has 8 nitrogen and oxygen atoms in total. The van der Waals surface area contributed by atoms with Crippen molar-refractivity contribution in [1.82, 2.24) is 24.8 Å². The number of hydrogen-bond acceptors (Lipinski definition) is 7. The average molecular weight is 354 g/mol. The fourth-order valence-electron chi connectivity index (χ4n) is 3.81. The van der Waals surface area contributed by atoms with E-state index in [1.54, 1.807) is 25.8 Å². The van der Waals surface area contributed by atoms with Crippen LogP contribution in [0, 0.1) is 12.8 Å². The maximum atomic E-state index is 12.8. The highest BCUT2D eigenvalue weighted by atomic mass is 16.5. The van der Waals surface area contributed by atoms with Crippen molar-refractivity contribution in [1.29, 1.82) is 0 Å². The predicted molar refractivity (Wildman–Crippen MR) is 94.5 cm³/mol. The number of hydrogen-bond donors (Lipinski definition) is 1. The number of aryl methyl sites for hydroxylation is 1. The van der Waals surface area contributed by atoms with Crippen molar-refractivity contribution >= 4 is 11.7 Å². The van der Waals surface area contributed by atoms with E-state index in [4.69, 9.17) is 4.74 Å². The first-order chi connectivity index (χ1) is 12.6. The van der Waals surface area contributed by atoms with Gasteiger partial charge in [-0.2, -0.15) is 0 Å². The highest BCUT2D eigenvalue weighted by Crippen LogP contribution is 2.46. The summed E-state index contributed by atoms with van der Waals surface area (Å²) >= 11 is 0. The van der Waals surface area contributed by atoms with Gasteiger partial charge in [0, 0.05) is 38.4 Å². The Hall–Kier alpha value is -2.61. The van der Waals surface area contributed by atoms with E-state index in [1.165, 1.54) is 0 Å². The molecule has 0 aromatic carbocycles. The minimum atomic E-state index is -0.119. The highest BCUT2D eigenvalue weighted by molar-refractivity contribution is 5.92. The van der Waals surface area contributed by atoms with E-state index >= 15 is 0 Å². The summed E-state index contributed by atoms with van der Waals surface area (Å²) < 4.78 is 5.14. The lowest BCUT2D eigenvalue weighted by Gasteiger charge is -2.44. The van der Waals surface area contributed by atoms with Crippen molar-refractivity contribution in [3.05, 3.63) is 41.9 Å². The van der Waals surface area contributed by atoms with E-state index in [9.17, 15) is 4.79 Å². The second kappa shape index (κ2) is 6.60. The summed E-state index contributed by atoms with van der Waals surface area (Å²) in [5.41, 5.74) is 1.92. The number of methoxy groups -OCH3 is 1. The lowest BCUT2D eigenvalue weighted by molar-refractivity contribution is 0.0780. The van der Waals surface area contributed by atoms with Gasteiger partial charge in [-0.3, -0.25) is 9.78 Å². The topological polar surface area (TPSA) is 93.1 Å². The maximum Gasteiger partial charge on any atom is 0.274 e. The zero-order valence-electron chi connectivity index (χ0n) is 15.0. The first-order valence-corrected chi connectivity index (χ1v) is 8.75. The molecule has 1 aliphatic carbocycles. The van der Waals surface area contributed by atoms with E-state index in [0.717, 1.165) is 36.6 Å². The van der Waals surface area contributed by atoms with E-state index in [2.05, 4.69) is 25.3 Å². The van der Waals surface area contributed by atoms with E-state index in [1.807, 2.05) is 17.9 Å². The van der Waals surface area contributed by atoms with Gasteiger partial charge in [0.25, 0.3) is 5.91 Å². The molecule has 2 atom stereocenters. The lowest BCUT2D eigenvalue weighted by Crippen LogP contribution is -2.53. The highest BCUT2D eigenvalue weighted by Gasteiger charge is 2.54.